The molecule has 2 heterocycles. The van der Waals surface area contributed by atoms with E-state index in [0.717, 1.165) is 32.4 Å². The molecule has 2 atom stereocenters. The number of hydrogen-bond donors (Lipinski definition) is 1. The van der Waals surface area contributed by atoms with Gasteiger partial charge < -0.3 is 10.2 Å². The van der Waals surface area contributed by atoms with Crippen molar-refractivity contribution in [1.82, 2.24) is 19.5 Å². The van der Waals surface area contributed by atoms with Crippen LogP contribution in [0.25, 0.3) is 0 Å². The molecule has 1 saturated heterocycles. The molecule has 0 bridgehead atoms. The topological polar surface area (TPSA) is 82.6 Å². The Bertz CT molecular complexity index is 1050. The van der Waals surface area contributed by atoms with Crippen LogP contribution in [0.5, 0.6) is 0 Å². The van der Waals surface area contributed by atoms with Gasteiger partial charge in [-0.2, -0.15) is 4.31 Å². The predicted octanol–water partition coefficient (Wildman–Crippen LogP) is 2.69. The third-order valence-corrected chi connectivity index (χ3v) is 9.09. The van der Waals surface area contributed by atoms with Gasteiger partial charge in [0, 0.05) is 32.4 Å². The van der Waals surface area contributed by atoms with Crippen molar-refractivity contribution in [1.29, 1.82) is 0 Å². The molecule has 172 valence electrons. The van der Waals surface area contributed by atoms with Gasteiger partial charge in [-0.3, -0.25) is 4.79 Å². The number of amides is 1. The summed E-state index contributed by atoms with van der Waals surface area (Å²) in [5.41, 5.74) is 2.52. The van der Waals surface area contributed by atoms with Crippen LogP contribution in [0.2, 0.25) is 0 Å². The van der Waals surface area contributed by atoms with E-state index in [2.05, 4.69) is 27.3 Å². The molecule has 32 heavy (non-hydrogen) atoms. The lowest BCUT2D eigenvalue weighted by atomic mass is 9.88. The average Bonchev–Trinajstić information content (AvgIpc) is 2.80. The number of hydrogen-bond acceptors (Lipinski definition) is 6. The van der Waals surface area contributed by atoms with Gasteiger partial charge >= 0.3 is 0 Å². The maximum absolute atomic E-state index is 12.9. The smallest absolute Gasteiger partial charge is 0.244 e. The van der Waals surface area contributed by atoms with E-state index in [1.165, 1.54) is 33.4 Å². The summed E-state index contributed by atoms with van der Waals surface area (Å²) in [4.78, 5) is 19.5. The molecule has 0 radical (unpaired) electrons. The first-order chi connectivity index (χ1) is 15.3. The Morgan fingerprint density at radius 2 is 1.91 bits per heavy atom. The van der Waals surface area contributed by atoms with Gasteiger partial charge in [-0.15, -0.1) is 0 Å². The van der Waals surface area contributed by atoms with Gasteiger partial charge in [-0.1, -0.05) is 36.0 Å². The van der Waals surface area contributed by atoms with Gasteiger partial charge in [0.15, 0.2) is 0 Å². The van der Waals surface area contributed by atoms with Crippen molar-refractivity contribution in [3.05, 3.63) is 53.7 Å². The van der Waals surface area contributed by atoms with Gasteiger partial charge in [0.05, 0.1) is 16.3 Å². The van der Waals surface area contributed by atoms with E-state index in [1.807, 2.05) is 26.1 Å². The molecule has 2 aliphatic rings. The fraction of sp³-hybridized carbons (Fsp3) is 0.478. The molecule has 1 aliphatic carbocycles. The molecule has 9 heteroatoms. The predicted molar refractivity (Wildman–Crippen MR) is 126 cm³/mol. The van der Waals surface area contributed by atoms with Crippen LogP contribution in [-0.4, -0.2) is 67.0 Å². The van der Waals surface area contributed by atoms with Crippen molar-refractivity contribution >= 4 is 27.7 Å². The normalized spacial score (nSPS) is 21.0. The first-order valence-electron chi connectivity index (χ1n) is 11.0. The summed E-state index contributed by atoms with van der Waals surface area (Å²) in [5.74, 6) is -0.0346. The molecule has 0 spiro atoms. The van der Waals surface area contributed by atoms with E-state index in [4.69, 9.17) is 0 Å². The summed E-state index contributed by atoms with van der Waals surface area (Å²) in [6.07, 6.45) is 4.46. The number of aryl methyl sites for hydroxylation is 1. The number of likely N-dealkylation sites (N-methyl/N-ethyl adjacent to an activating group) is 1. The number of nitrogens with zero attached hydrogens (tertiary/aromatic N) is 3. The first kappa shape index (κ1) is 23.2. The van der Waals surface area contributed by atoms with Crippen molar-refractivity contribution in [2.75, 3.05) is 33.2 Å². The lowest BCUT2D eigenvalue weighted by molar-refractivity contribution is -0.121. The Labute approximate surface area is 194 Å². The first-order valence-corrected chi connectivity index (χ1v) is 13.4. The maximum Gasteiger partial charge on any atom is 0.244 e. The lowest BCUT2D eigenvalue weighted by Crippen LogP contribution is -2.47. The van der Waals surface area contributed by atoms with E-state index in [1.54, 1.807) is 12.1 Å². The average molecular weight is 475 g/mol. The van der Waals surface area contributed by atoms with Crippen molar-refractivity contribution in [3.63, 3.8) is 0 Å². The number of pyridine rings is 1. The molecular formula is C23H30N4O3S2. The Morgan fingerprint density at radius 3 is 2.62 bits per heavy atom. The molecule has 1 fully saturated rings. The second-order valence-electron chi connectivity index (χ2n) is 8.45. The van der Waals surface area contributed by atoms with Gasteiger partial charge in [0.2, 0.25) is 15.9 Å². The summed E-state index contributed by atoms with van der Waals surface area (Å²) in [5, 5.41) is 3.48. The summed E-state index contributed by atoms with van der Waals surface area (Å²) >= 11 is 1.34. The molecule has 1 amide bonds. The fourth-order valence-corrected chi connectivity index (χ4v) is 6.36. The number of rotatable bonds is 6. The molecule has 7 nitrogen and oxygen atoms in total. The SMILES string of the molecule is C[C@@H](Sc1ccc(S(=O)(=O)N2CCN(C)CC2)cn1)C(=O)N[C@@H]1CCCc2ccccc21. The van der Waals surface area contributed by atoms with Gasteiger partial charge in [0.25, 0.3) is 0 Å². The molecule has 1 aliphatic heterocycles. The summed E-state index contributed by atoms with van der Waals surface area (Å²) in [7, 11) is -1.55. The molecule has 4 rings (SSSR count). The Kier molecular flexibility index (Phi) is 7.19. The highest BCUT2D eigenvalue weighted by molar-refractivity contribution is 8.00. The van der Waals surface area contributed by atoms with Crippen LogP contribution in [-0.2, 0) is 21.2 Å². The van der Waals surface area contributed by atoms with Gasteiger partial charge in [-0.25, -0.2) is 13.4 Å². The number of aromatic nitrogens is 1. The lowest BCUT2D eigenvalue weighted by Gasteiger charge is -2.31. The third kappa shape index (κ3) is 5.17. The van der Waals surface area contributed by atoms with Crippen LogP contribution in [0, 0.1) is 0 Å². The number of thioether (sulfide) groups is 1. The minimum atomic E-state index is -3.54. The number of carbonyl (C=O) groups is 1. The molecule has 2 aromatic rings. The zero-order chi connectivity index (χ0) is 22.7. The van der Waals surface area contributed by atoms with Crippen molar-refractivity contribution in [2.45, 2.75) is 47.4 Å². The van der Waals surface area contributed by atoms with E-state index in [0.29, 0.717) is 18.1 Å². The molecule has 0 saturated carbocycles. The third-order valence-electron chi connectivity index (χ3n) is 6.16. The van der Waals surface area contributed by atoms with Crippen LogP contribution in [0.15, 0.2) is 52.5 Å². The Hall–Kier alpha value is -1.94. The molecular weight excluding hydrogens is 444 g/mol. The van der Waals surface area contributed by atoms with E-state index >= 15 is 0 Å². The van der Waals surface area contributed by atoms with Crippen LogP contribution in [0.3, 0.4) is 0 Å². The number of nitrogens with one attached hydrogen (secondary N) is 1. The van der Waals surface area contributed by atoms with Crippen LogP contribution in [0.1, 0.15) is 36.9 Å². The maximum atomic E-state index is 12.9. The highest BCUT2D eigenvalue weighted by Gasteiger charge is 2.28. The number of piperazine rings is 1. The quantitative estimate of drug-likeness (QED) is 0.649. The Morgan fingerprint density at radius 1 is 1.16 bits per heavy atom. The highest BCUT2D eigenvalue weighted by Crippen LogP contribution is 2.30. The second kappa shape index (κ2) is 9.91. The molecule has 1 aromatic carbocycles. The van der Waals surface area contributed by atoms with Gasteiger partial charge in [0.1, 0.15) is 4.90 Å². The second-order valence-corrected chi connectivity index (χ2v) is 11.8. The largest absolute Gasteiger partial charge is 0.348 e. The van der Waals surface area contributed by atoms with Crippen LogP contribution < -0.4 is 5.32 Å². The van der Waals surface area contributed by atoms with Crippen molar-refractivity contribution < 1.29 is 13.2 Å². The number of fused-ring (bicyclic) bond motifs is 1. The highest BCUT2D eigenvalue weighted by atomic mass is 32.2. The molecule has 1 N–H and O–H groups in total. The minimum absolute atomic E-state index is 0.0346. The standard InChI is InChI=1S/C23H30N4O3S2/c1-17(23(28)25-21-9-5-7-18-6-3-4-8-20(18)21)31-22-11-10-19(16-24-22)32(29,30)27-14-12-26(2)13-15-27/h3-4,6,8,10-11,16-17,21H,5,7,9,12-15H2,1-2H3,(H,25,28)/t17-,21-/m1/s1. The van der Waals surface area contributed by atoms with Crippen LogP contribution >= 0.6 is 11.8 Å². The molecule has 1 aromatic heterocycles. The van der Waals surface area contributed by atoms with Crippen molar-refractivity contribution in [3.8, 4) is 0 Å². The van der Waals surface area contributed by atoms with E-state index < -0.39 is 10.0 Å². The van der Waals surface area contributed by atoms with Gasteiger partial charge in [-0.05, 0) is 56.5 Å². The number of sulfonamides is 1. The van der Waals surface area contributed by atoms with E-state index in [9.17, 15) is 13.2 Å². The molecule has 0 unspecified atom stereocenters. The summed E-state index contributed by atoms with van der Waals surface area (Å²) in [6.45, 7) is 4.26. The zero-order valence-corrected chi connectivity index (χ0v) is 20.2. The monoisotopic (exact) mass is 474 g/mol. The van der Waals surface area contributed by atoms with E-state index in [-0.39, 0.29) is 22.1 Å². The number of carbonyl (C=O) groups excluding carboxylic acids is 1. The van der Waals surface area contributed by atoms with Crippen molar-refractivity contribution in [2.24, 2.45) is 0 Å². The van der Waals surface area contributed by atoms with Crippen LogP contribution in [0.4, 0.5) is 0 Å². The minimum Gasteiger partial charge on any atom is -0.348 e. The number of benzene rings is 1. The summed E-state index contributed by atoms with van der Waals surface area (Å²) in [6, 6.07) is 11.6. The fourth-order valence-electron chi connectivity index (χ4n) is 4.19. The Balaban J connectivity index is 1.37. The summed E-state index contributed by atoms with van der Waals surface area (Å²) < 4.78 is 27.2. The zero-order valence-electron chi connectivity index (χ0n) is 18.5.